The molecule has 17 heavy (non-hydrogen) atoms. The molecule has 1 N–H and O–H groups in total. The summed E-state index contributed by atoms with van der Waals surface area (Å²) in [6, 6.07) is 6.35. The summed E-state index contributed by atoms with van der Waals surface area (Å²) in [4.78, 5) is 2.42. The number of nitrogens with zero attached hydrogens (tertiary/aromatic N) is 1. The third-order valence-corrected chi connectivity index (χ3v) is 3.72. The van der Waals surface area contributed by atoms with Crippen molar-refractivity contribution in [2.45, 2.75) is 32.7 Å². The van der Waals surface area contributed by atoms with E-state index in [1.165, 1.54) is 12.1 Å². The standard InChI is InChI=1S/C14H21ClN2/c1-11-5-6-12(9-13(11)15)17-8-4-7-16-14(2,3)10-17/h5-6,9,16H,4,7-8,10H2,1-3H3. The highest BCUT2D eigenvalue weighted by Crippen LogP contribution is 2.25. The topological polar surface area (TPSA) is 15.3 Å². The Bertz CT molecular complexity index is 401. The van der Waals surface area contributed by atoms with Crippen LogP contribution >= 0.6 is 11.6 Å². The number of aryl methyl sites for hydroxylation is 1. The minimum absolute atomic E-state index is 0.161. The van der Waals surface area contributed by atoms with Crippen LogP contribution in [0.3, 0.4) is 0 Å². The Hall–Kier alpha value is -0.730. The van der Waals surface area contributed by atoms with Crippen molar-refractivity contribution < 1.29 is 0 Å². The van der Waals surface area contributed by atoms with Crippen molar-refractivity contribution in [3.05, 3.63) is 28.8 Å². The number of rotatable bonds is 1. The van der Waals surface area contributed by atoms with E-state index in [0.717, 1.165) is 30.2 Å². The van der Waals surface area contributed by atoms with Gasteiger partial charge >= 0.3 is 0 Å². The summed E-state index contributed by atoms with van der Waals surface area (Å²) in [6.45, 7) is 9.74. The van der Waals surface area contributed by atoms with Crippen LogP contribution in [0.1, 0.15) is 25.8 Å². The monoisotopic (exact) mass is 252 g/mol. The Morgan fingerprint density at radius 1 is 1.35 bits per heavy atom. The Labute approximate surface area is 109 Å². The van der Waals surface area contributed by atoms with Crippen LogP contribution in [-0.2, 0) is 0 Å². The Morgan fingerprint density at radius 3 is 2.82 bits per heavy atom. The molecule has 1 aliphatic rings. The molecule has 0 unspecified atom stereocenters. The summed E-state index contributed by atoms with van der Waals surface area (Å²) in [5.74, 6) is 0. The van der Waals surface area contributed by atoms with E-state index >= 15 is 0 Å². The van der Waals surface area contributed by atoms with Crippen LogP contribution in [0.5, 0.6) is 0 Å². The van der Waals surface area contributed by atoms with Gasteiger partial charge in [-0.05, 0) is 51.4 Å². The highest BCUT2D eigenvalue weighted by molar-refractivity contribution is 6.31. The molecular weight excluding hydrogens is 232 g/mol. The van der Waals surface area contributed by atoms with Gasteiger partial charge in [0, 0.05) is 29.3 Å². The summed E-state index contributed by atoms with van der Waals surface area (Å²) in [5.41, 5.74) is 2.54. The molecule has 0 bridgehead atoms. The van der Waals surface area contributed by atoms with Crippen LogP contribution in [0.15, 0.2) is 18.2 Å². The molecule has 0 atom stereocenters. The lowest BCUT2D eigenvalue weighted by atomic mass is 10.1. The number of anilines is 1. The van der Waals surface area contributed by atoms with E-state index in [2.05, 4.69) is 42.3 Å². The molecule has 3 heteroatoms. The SMILES string of the molecule is Cc1ccc(N2CCCNC(C)(C)C2)cc1Cl. The molecule has 2 rings (SSSR count). The van der Waals surface area contributed by atoms with Crippen molar-refractivity contribution in [2.24, 2.45) is 0 Å². The van der Waals surface area contributed by atoms with E-state index in [0.29, 0.717) is 0 Å². The second-order valence-electron chi connectivity index (χ2n) is 5.52. The van der Waals surface area contributed by atoms with E-state index in [1.807, 2.05) is 6.92 Å². The quantitative estimate of drug-likeness (QED) is 0.826. The highest BCUT2D eigenvalue weighted by atomic mass is 35.5. The molecule has 0 saturated carbocycles. The Kier molecular flexibility index (Phi) is 3.64. The molecule has 1 aliphatic heterocycles. The zero-order valence-corrected chi connectivity index (χ0v) is 11.6. The Balaban J connectivity index is 2.22. The van der Waals surface area contributed by atoms with Gasteiger partial charge in [0.15, 0.2) is 0 Å². The molecule has 0 aromatic heterocycles. The maximum atomic E-state index is 6.20. The predicted octanol–water partition coefficient (Wildman–Crippen LogP) is 3.23. The molecule has 1 aromatic rings. The molecule has 0 radical (unpaired) electrons. The van der Waals surface area contributed by atoms with Gasteiger partial charge in [0.1, 0.15) is 0 Å². The minimum atomic E-state index is 0.161. The first kappa shape index (κ1) is 12.7. The largest absolute Gasteiger partial charge is 0.370 e. The number of halogens is 1. The van der Waals surface area contributed by atoms with E-state index < -0.39 is 0 Å². The molecule has 1 fully saturated rings. The zero-order valence-electron chi connectivity index (χ0n) is 10.9. The van der Waals surface area contributed by atoms with Crippen molar-refractivity contribution in [1.82, 2.24) is 5.32 Å². The number of nitrogens with one attached hydrogen (secondary N) is 1. The van der Waals surface area contributed by atoms with E-state index in [9.17, 15) is 0 Å². The average Bonchev–Trinajstić information content (AvgIpc) is 2.43. The van der Waals surface area contributed by atoms with Gasteiger partial charge in [-0.15, -0.1) is 0 Å². The fourth-order valence-corrected chi connectivity index (χ4v) is 2.48. The second kappa shape index (κ2) is 4.87. The van der Waals surface area contributed by atoms with Gasteiger partial charge < -0.3 is 10.2 Å². The number of hydrogen-bond donors (Lipinski definition) is 1. The summed E-state index contributed by atoms with van der Waals surface area (Å²) in [5, 5.41) is 4.43. The lowest BCUT2D eigenvalue weighted by Crippen LogP contribution is -2.46. The minimum Gasteiger partial charge on any atom is -0.370 e. The molecule has 2 nitrogen and oxygen atoms in total. The summed E-state index contributed by atoms with van der Waals surface area (Å²) >= 11 is 6.20. The first-order chi connectivity index (χ1) is 7.98. The maximum absolute atomic E-state index is 6.20. The zero-order chi connectivity index (χ0) is 12.5. The molecule has 1 heterocycles. The first-order valence-electron chi connectivity index (χ1n) is 6.24. The van der Waals surface area contributed by atoms with Crippen molar-refractivity contribution in [2.75, 3.05) is 24.5 Å². The normalized spacial score (nSPS) is 20.1. The summed E-state index contributed by atoms with van der Waals surface area (Å²) < 4.78 is 0. The third-order valence-electron chi connectivity index (χ3n) is 3.32. The van der Waals surface area contributed by atoms with E-state index in [1.54, 1.807) is 0 Å². The van der Waals surface area contributed by atoms with Crippen LogP contribution in [0.4, 0.5) is 5.69 Å². The van der Waals surface area contributed by atoms with Crippen LogP contribution in [0.2, 0.25) is 5.02 Å². The van der Waals surface area contributed by atoms with Crippen molar-refractivity contribution in [1.29, 1.82) is 0 Å². The summed E-state index contributed by atoms with van der Waals surface area (Å²) in [7, 11) is 0. The fraction of sp³-hybridized carbons (Fsp3) is 0.571. The lowest BCUT2D eigenvalue weighted by molar-refractivity contribution is 0.416. The molecule has 0 spiro atoms. The number of hydrogen-bond acceptors (Lipinski definition) is 2. The highest BCUT2D eigenvalue weighted by Gasteiger charge is 2.24. The van der Waals surface area contributed by atoms with E-state index in [-0.39, 0.29) is 5.54 Å². The molecular formula is C14H21ClN2. The van der Waals surface area contributed by atoms with Gasteiger partial charge in [-0.2, -0.15) is 0 Å². The number of benzene rings is 1. The van der Waals surface area contributed by atoms with Crippen LogP contribution in [0, 0.1) is 6.92 Å². The first-order valence-corrected chi connectivity index (χ1v) is 6.62. The maximum Gasteiger partial charge on any atom is 0.0455 e. The van der Waals surface area contributed by atoms with Crippen LogP contribution in [0.25, 0.3) is 0 Å². The molecule has 0 aliphatic carbocycles. The molecule has 1 saturated heterocycles. The van der Waals surface area contributed by atoms with Crippen molar-refractivity contribution in [3.8, 4) is 0 Å². The van der Waals surface area contributed by atoms with Crippen LogP contribution < -0.4 is 10.2 Å². The third kappa shape index (κ3) is 3.14. The molecule has 94 valence electrons. The predicted molar refractivity (Wildman–Crippen MR) is 75.1 cm³/mol. The summed E-state index contributed by atoms with van der Waals surface area (Å²) in [6.07, 6.45) is 1.18. The van der Waals surface area contributed by atoms with Crippen molar-refractivity contribution >= 4 is 17.3 Å². The van der Waals surface area contributed by atoms with Gasteiger partial charge in [0.2, 0.25) is 0 Å². The van der Waals surface area contributed by atoms with Gasteiger partial charge in [-0.25, -0.2) is 0 Å². The van der Waals surface area contributed by atoms with Gasteiger partial charge in [0.25, 0.3) is 0 Å². The van der Waals surface area contributed by atoms with E-state index in [4.69, 9.17) is 11.6 Å². The van der Waals surface area contributed by atoms with Gasteiger partial charge in [-0.1, -0.05) is 17.7 Å². The smallest absolute Gasteiger partial charge is 0.0455 e. The average molecular weight is 253 g/mol. The second-order valence-corrected chi connectivity index (χ2v) is 5.93. The molecule has 0 amide bonds. The lowest BCUT2D eigenvalue weighted by Gasteiger charge is -2.31. The molecule has 1 aromatic carbocycles. The van der Waals surface area contributed by atoms with Gasteiger partial charge in [-0.3, -0.25) is 0 Å². The Morgan fingerprint density at radius 2 is 2.12 bits per heavy atom. The van der Waals surface area contributed by atoms with Gasteiger partial charge in [0.05, 0.1) is 0 Å². The van der Waals surface area contributed by atoms with Crippen LogP contribution in [-0.4, -0.2) is 25.2 Å². The van der Waals surface area contributed by atoms with Crippen molar-refractivity contribution in [3.63, 3.8) is 0 Å². The fourth-order valence-electron chi connectivity index (χ4n) is 2.31.